The summed E-state index contributed by atoms with van der Waals surface area (Å²) < 4.78 is 6.15. The first-order chi connectivity index (χ1) is 9.97. The molecule has 112 valence electrons. The molecular weight excluding hydrogens is 280 g/mol. The molecule has 0 unspecified atom stereocenters. The minimum absolute atomic E-state index is 0.308. The van der Waals surface area contributed by atoms with Crippen molar-refractivity contribution in [2.75, 3.05) is 6.54 Å². The average Bonchev–Trinajstić information content (AvgIpc) is 2.83. The minimum Gasteiger partial charge on any atom is -0.482 e. The number of rotatable bonds is 4. The Hall–Kier alpha value is -1.39. The molecule has 0 spiro atoms. The highest BCUT2D eigenvalue weighted by molar-refractivity contribution is 7.12. The molecule has 1 aromatic heterocycles. The highest BCUT2D eigenvalue weighted by atomic mass is 32.1. The van der Waals surface area contributed by atoms with Gasteiger partial charge in [-0.05, 0) is 38.4 Å². The summed E-state index contributed by atoms with van der Waals surface area (Å²) in [6.07, 6.45) is 0. The van der Waals surface area contributed by atoms with E-state index in [1.54, 1.807) is 11.3 Å². The van der Waals surface area contributed by atoms with E-state index in [1.807, 2.05) is 18.2 Å². The van der Waals surface area contributed by atoms with Gasteiger partial charge in [0.15, 0.2) is 0 Å². The van der Waals surface area contributed by atoms with E-state index in [2.05, 4.69) is 39.1 Å². The van der Waals surface area contributed by atoms with Crippen LogP contribution in [0.2, 0.25) is 0 Å². The molecule has 0 bridgehead atoms. The molecule has 0 amide bonds. The quantitative estimate of drug-likeness (QED) is 0.920. The Morgan fingerprint density at radius 3 is 2.81 bits per heavy atom. The lowest BCUT2D eigenvalue weighted by Gasteiger charge is -2.31. The average molecular weight is 302 g/mol. The van der Waals surface area contributed by atoms with E-state index in [0.717, 1.165) is 35.1 Å². The van der Waals surface area contributed by atoms with Gasteiger partial charge in [0.1, 0.15) is 16.4 Å². The first kappa shape index (κ1) is 14.5. The molecule has 1 aliphatic rings. The van der Waals surface area contributed by atoms with Crippen LogP contribution in [0.4, 0.5) is 0 Å². The molecule has 21 heavy (non-hydrogen) atoms. The molecule has 2 heterocycles. The summed E-state index contributed by atoms with van der Waals surface area (Å²) in [7, 11) is 0. The number of ether oxygens (including phenoxy) is 1. The van der Waals surface area contributed by atoms with Crippen molar-refractivity contribution in [2.24, 2.45) is 5.92 Å². The zero-order valence-electron chi connectivity index (χ0n) is 13.1. The molecule has 1 N–H and O–H groups in total. The third kappa shape index (κ3) is 2.83. The minimum atomic E-state index is -0.308. The SMILES string of the molecule is CC(C)CNCc1nc2c(s1)C(C)(C)Oc1ccccc1-2. The lowest BCUT2D eigenvalue weighted by atomic mass is 9.97. The summed E-state index contributed by atoms with van der Waals surface area (Å²) in [6, 6.07) is 8.17. The topological polar surface area (TPSA) is 34.2 Å². The van der Waals surface area contributed by atoms with Crippen LogP contribution in [-0.2, 0) is 12.1 Å². The highest BCUT2D eigenvalue weighted by Crippen LogP contribution is 2.46. The van der Waals surface area contributed by atoms with E-state index in [9.17, 15) is 0 Å². The second kappa shape index (κ2) is 5.43. The lowest BCUT2D eigenvalue weighted by molar-refractivity contribution is 0.109. The molecule has 4 heteroatoms. The second-order valence-corrected chi connectivity index (χ2v) is 7.50. The van der Waals surface area contributed by atoms with Crippen molar-refractivity contribution in [1.29, 1.82) is 0 Å². The Morgan fingerprint density at radius 1 is 1.29 bits per heavy atom. The Kier molecular flexibility index (Phi) is 3.76. The second-order valence-electron chi connectivity index (χ2n) is 6.42. The maximum Gasteiger partial charge on any atom is 0.140 e. The van der Waals surface area contributed by atoms with Gasteiger partial charge in [-0.2, -0.15) is 0 Å². The number of hydrogen-bond acceptors (Lipinski definition) is 4. The maximum atomic E-state index is 6.15. The van der Waals surface area contributed by atoms with Crippen molar-refractivity contribution >= 4 is 11.3 Å². The normalized spacial score (nSPS) is 15.5. The molecule has 0 atom stereocenters. The van der Waals surface area contributed by atoms with Crippen LogP contribution in [-0.4, -0.2) is 11.5 Å². The fourth-order valence-corrected chi connectivity index (χ4v) is 3.66. The van der Waals surface area contributed by atoms with Crippen molar-refractivity contribution in [3.63, 3.8) is 0 Å². The predicted molar refractivity (Wildman–Crippen MR) is 87.7 cm³/mol. The number of aromatic nitrogens is 1. The molecule has 0 radical (unpaired) electrons. The standard InChI is InChI=1S/C17H22N2OS/c1-11(2)9-18-10-14-19-15-12-7-5-6-8-13(12)20-17(3,4)16(15)21-14/h5-8,11,18H,9-10H2,1-4H3. The van der Waals surface area contributed by atoms with Gasteiger partial charge in [-0.3, -0.25) is 0 Å². The summed E-state index contributed by atoms with van der Waals surface area (Å²) in [4.78, 5) is 6.09. The molecule has 1 aliphatic heterocycles. The molecule has 3 nitrogen and oxygen atoms in total. The third-order valence-electron chi connectivity index (χ3n) is 3.55. The van der Waals surface area contributed by atoms with Gasteiger partial charge in [0.2, 0.25) is 0 Å². The van der Waals surface area contributed by atoms with E-state index < -0.39 is 0 Å². The third-order valence-corrected chi connectivity index (χ3v) is 4.91. The van der Waals surface area contributed by atoms with Gasteiger partial charge in [0.05, 0.1) is 10.6 Å². The number of thiazole rings is 1. The predicted octanol–water partition coefficient (Wildman–Crippen LogP) is 4.18. The largest absolute Gasteiger partial charge is 0.482 e. The van der Waals surface area contributed by atoms with Gasteiger partial charge in [-0.25, -0.2) is 4.98 Å². The van der Waals surface area contributed by atoms with Crippen molar-refractivity contribution in [1.82, 2.24) is 10.3 Å². The molecule has 2 aromatic rings. The zero-order valence-corrected chi connectivity index (χ0v) is 13.9. The van der Waals surface area contributed by atoms with E-state index >= 15 is 0 Å². The Bertz CT molecular complexity index is 646. The molecule has 0 saturated heterocycles. The summed E-state index contributed by atoms with van der Waals surface area (Å²) >= 11 is 1.76. The number of hydrogen-bond donors (Lipinski definition) is 1. The maximum absolute atomic E-state index is 6.15. The fourth-order valence-electron chi connectivity index (χ4n) is 2.57. The number of benzene rings is 1. The zero-order chi connectivity index (χ0) is 15.0. The van der Waals surface area contributed by atoms with Crippen LogP contribution in [0.5, 0.6) is 5.75 Å². The number of fused-ring (bicyclic) bond motifs is 3. The fraction of sp³-hybridized carbons (Fsp3) is 0.471. The molecule has 0 saturated carbocycles. The van der Waals surface area contributed by atoms with Crippen molar-refractivity contribution in [2.45, 2.75) is 39.8 Å². The van der Waals surface area contributed by atoms with Crippen molar-refractivity contribution in [3.05, 3.63) is 34.2 Å². The van der Waals surface area contributed by atoms with E-state index in [0.29, 0.717) is 5.92 Å². The van der Waals surface area contributed by atoms with Crippen LogP contribution in [0, 0.1) is 5.92 Å². The van der Waals surface area contributed by atoms with Gasteiger partial charge in [0, 0.05) is 12.1 Å². The van der Waals surface area contributed by atoms with Crippen molar-refractivity contribution in [3.8, 4) is 17.0 Å². The molecule has 0 fully saturated rings. The van der Waals surface area contributed by atoms with Gasteiger partial charge >= 0.3 is 0 Å². The summed E-state index contributed by atoms with van der Waals surface area (Å²) in [5.74, 6) is 1.59. The van der Waals surface area contributed by atoms with Crippen molar-refractivity contribution < 1.29 is 4.74 Å². The number of nitrogens with one attached hydrogen (secondary N) is 1. The summed E-state index contributed by atoms with van der Waals surface area (Å²) in [5.41, 5.74) is 1.89. The van der Waals surface area contributed by atoms with E-state index in [1.165, 1.54) is 4.88 Å². The Balaban J connectivity index is 1.93. The van der Waals surface area contributed by atoms with Crippen LogP contribution in [0.25, 0.3) is 11.3 Å². The lowest BCUT2D eigenvalue weighted by Crippen LogP contribution is -2.27. The summed E-state index contributed by atoms with van der Waals surface area (Å²) in [6.45, 7) is 10.5. The van der Waals surface area contributed by atoms with Crippen LogP contribution in [0.15, 0.2) is 24.3 Å². The van der Waals surface area contributed by atoms with Crippen LogP contribution in [0.1, 0.15) is 37.6 Å². The molecular formula is C17H22N2OS. The molecule has 1 aromatic carbocycles. The monoisotopic (exact) mass is 302 g/mol. The van der Waals surface area contributed by atoms with Gasteiger partial charge in [-0.1, -0.05) is 26.0 Å². The number of para-hydroxylation sites is 1. The highest BCUT2D eigenvalue weighted by Gasteiger charge is 2.35. The summed E-state index contributed by atoms with van der Waals surface area (Å²) in [5, 5.41) is 4.60. The van der Waals surface area contributed by atoms with Crippen LogP contribution in [0.3, 0.4) is 0 Å². The Morgan fingerprint density at radius 2 is 2.05 bits per heavy atom. The van der Waals surface area contributed by atoms with Gasteiger partial charge in [0.25, 0.3) is 0 Å². The molecule has 3 rings (SSSR count). The smallest absolute Gasteiger partial charge is 0.140 e. The van der Waals surface area contributed by atoms with Gasteiger partial charge < -0.3 is 10.1 Å². The first-order valence-electron chi connectivity index (χ1n) is 7.46. The van der Waals surface area contributed by atoms with E-state index in [4.69, 9.17) is 9.72 Å². The van der Waals surface area contributed by atoms with E-state index in [-0.39, 0.29) is 5.60 Å². The Labute approximate surface area is 130 Å². The first-order valence-corrected chi connectivity index (χ1v) is 8.28. The number of nitrogens with zero attached hydrogens (tertiary/aromatic N) is 1. The van der Waals surface area contributed by atoms with Crippen LogP contribution < -0.4 is 10.1 Å². The molecule has 0 aliphatic carbocycles. The van der Waals surface area contributed by atoms with Crippen LogP contribution >= 0.6 is 11.3 Å². The van der Waals surface area contributed by atoms with Gasteiger partial charge in [-0.15, -0.1) is 11.3 Å².